The van der Waals surface area contributed by atoms with Crippen molar-refractivity contribution in [3.05, 3.63) is 66.6 Å². The monoisotopic (exact) mass is 422 g/mol. The fourth-order valence-corrected chi connectivity index (χ4v) is 5.03. The zero-order valence-corrected chi connectivity index (χ0v) is 16.8. The zero-order chi connectivity index (χ0) is 20.0. The first-order valence-electron chi connectivity index (χ1n) is 8.67. The Morgan fingerprint density at radius 2 is 1.93 bits per heavy atom. The Morgan fingerprint density at radius 1 is 1.07 bits per heavy atom. The molecule has 5 aromatic rings. The summed E-state index contributed by atoms with van der Waals surface area (Å²) in [6.45, 7) is 1.95. The molecule has 29 heavy (non-hydrogen) atoms. The number of aromatic nitrogens is 5. The highest BCUT2D eigenvalue weighted by atomic mass is 32.2. The molecule has 1 N–H and O–H groups in total. The third-order valence-corrected chi connectivity index (χ3v) is 6.52. The van der Waals surface area contributed by atoms with Crippen molar-refractivity contribution < 1.29 is 8.42 Å². The molecular weight excluding hydrogens is 408 g/mol. The highest BCUT2D eigenvalue weighted by Crippen LogP contribution is 2.28. The first kappa shape index (κ1) is 17.7. The summed E-state index contributed by atoms with van der Waals surface area (Å²) in [6.07, 6.45) is 3.58. The van der Waals surface area contributed by atoms with Gasteiger partial charge in [0.25, 0.3) is 10.0 Å². The molecule has 0 aliphatic carbocycles. The van der Waals surface area contributed by atoms with Gasteiger partial charge in [0.1, 0.15) is 15.9 Å². The highest BCUT2D eigenvalue weighted by molar-refractivity contribution is 7.93. The van der Waals surface area contributed by atoms with Crippen LogP contribution in [0.1, 0.15) is 5.69 Å². The number of anilines is 1. The smallest absolute Gasteiger partial charge is 0.264 e. The standard InChI is InChI=1S/C19H14N6O2S2/c1-12-17(21-19-20-9-4-10-25(12)19)13-5-2-6-14(11-13)24-29(26,27)16-8-3-7-15-18(16)23-28-22-15/h2-11,24H,1H3. The second-order valence-electron chi connectivity index (χ2n) is 6.41. The van der Waals surface area contributed by atoms with E-state index in [9.17, 15) is 8.42 Å². The topological polar surface area (TPSA) is 102 Å². The summed E-state index contributed by atoms with van der Waals surface area (Å²) in [6, 6.07) is 13.9. The van der Waals surface area contributed by atoms with Gasteiger partial charge in [0.15, 0.2) is 0 Å². The first-order chi connectivity index (χ1) is 14.0. The van der Waals surface area contributed by atoms with Crippen LogP contribution in [0.2, 0.25) is 0 Å². The molecule has 3 heterocycles. The normalized spacial score (nSPS) is 11.9. The quantitative estimate of drug-likeness (QED) is 0.475. The van der Waals surface area contributed by atoms with Gasteiger partial charge in [0.2, 0.25) is 5.78 Å². The van der Waals surface area contributed by atoms with E-state index in [0.717, 1.165) is 28.7 Å². The molecule has 0 atom stereocenters. The Balaban J connectivity index is 1.55. The van der Waals surface area contributed by atoms with Crippen LogP contribution in [0.25, 0.3) is 28.1 Å². The third kappa shape index (κ3) is 3.02. The molecule has 0 bridgehead atoms. The minimum absolute atomic E-state index is 0.0993. The second-order valence-corrected chi connectivity index (χ2v) is 8.59. The van der Waals surface area contributed by atoms with E-state index in [1.807, 2.05) is 29.7 Å². The predicted molar refractivity (Wildman–Crippen MR) is 111 cm³/mol. The van der Waals surface area contributed by atoms with Gasteiger partial charge in [0.05, 0.1) is 17.4 Å². The third-order valence-electron chi connectivity index (χ3n) is 4.57. The summed E-state index contributed by atoms with van der Waals surface area (Å²) in [5, 5.41) is 0. The zero-order valence-electron chi connectivity index (χ0n) is 15.1. The van der Waals surface area contributed by atoms with Crippen molar-refractivity contribution in [1.82, 2.24) is 23.1 Å². The second kappa shape index (κ2) is 6.61. The maximum atomic E-state index is 13.0. The van der Waals surface area contributed by atoms with E-state index in [-0.39, 0.29) is 4.90 Å². The van der Waals surface area contributed by atoms with Crippen molar-refractivity contribution in [1.29, 1.82) is 0 Å². The summed E-state index contributed by atoms with van der Waals surface area (Å²) in [7, 11) is -3.83. The molecular formula is C19H14N6O2S2. The van der Waals surface area contributed by atoms with E-state index in [1.54, 1.807) is 36.5 Å². The lowest BCUT2D eigenvalue weighted by molar-refractivity contribution is 0.602. The molecule has 0 aliphatic rings. The molecule has 0 saturated heterocycles. The van der Waals surface area contributed by atoms with Crippen LogP contribution in [0.5, 0.6) is 0 Å². The van der Waals surface area contributed by atoms with Crippen molar-refractivity contribution >= 4 is 44.2 Å². The Bertz CT molecular complexity index is 1470. The molecule has 0 unspecified atom stereocenters. The molecule has 144 valence electrons. The van der Waals surface area contributed by atoms with Gasteiger partial charge >= 0.3 is 0 Å². The minimum atomic E-state index is -3.83. The van der Waals surface area contributed by atoms with Crippen LogP contribution in [0.4, 0.5) is 5.69 Å². The summed E-state index contributed by atoms with van der Waals surface area (Å²) in [5.41, 5.74) is 3.82. The number of benzene rings is 2. The van der Waals surface area contributed by atoms with E-state index in [1.165, 1.54) is 6.07 Å². The number of nitrogens with zero attached hydrogens (tertiary/aromatic N) is 5. The largest absolute Gasteiger partial charge is 0.288 e. The van der Waals surface area contributed by atoms with Crippen LogP contribution >= 0.6 is 11.7 Å². The van der Waals surface area contributed by atoms with Gasteiger partial charge in [-0.2, -0.15) is 8.75 Å². The van der Waals surface area contributed by atoms with Gasteiger partial charge in [-0.15, -0.1) is 0 Å². The molecule has 0 radical (unpaired) electrons. The number of imidazole rings is 1. The fraction of sp³-hybridized carbons (Fsp3) is 0.0526. The summed E-state index contributed by atoms with van der Waals surface area (Å²) >= 11 is 0.984. The Kier molecular flexibility index (Phi) is 4.03. The summed E-state index contributed by atoms with van der Waals surface area (Å²) in [4.78, 5) is 8.93. The number of nitrogens with one attached hydrogen (secondary N) is 1. The highest BCUT2D eigenvalue weighted by Gasteiger charge is 2.20. The van der Waals surface area contributed by atoms with Crippen molar-refractivity contribution in [3.8, 4) is 11.3 Å². The van der Waals surface area contributed by atoms with Gasteiger partial charge in [0, 0.05) is 29.3 Å². The van der Waals surface area contributed by atoms with Gasteiger partial charge < -0.3 is 0 Å². The predicted octanol–water partition coefficient (Wildman–Crippen LogP) is 3.51. The lowest BCUT2D eigenvalue weighted by Gasteiger charge is -2.09. The van der Waals surface area contributed by atoms with Crippen molar-refractivity contribution in [2.45, 2.75) is 11.8 Å². The molecule has 3 aromatic heterocycles. The lowest BCUT2D eigenvalue weighted by Crippen LogP contribution is -2.13. The van der Waals surface area contributed by atoms with Crippen LogP contribution in [-0.2, 0) is 10.0 Å². The fourth-order valence-electron chi connectivity index (χ4n) is 3.21. The molecule has 5 rings (SSSR count). The number of fused-ring (bicyclic) bond motifs is 2. The van der Waals surface area contributed by atoms with E-state index < -0.39 is 10.0 Å². The van der Waals surface area contributed by atoms with E-state index >= 15 is 0 Å². The molecule has 10 heteroatoms. The van der Waals surface area contributed by atoms with E-state index in [4.69, 9.17) is 0 Å². The molecule has 0 amide bonds. The van der Waals surface area contributed by atoms with E-state index in [0.29, 0.717) is 22.5 Å². The van der Waals surface area contributed by atoms with Gasteiger partial charge in [-0.1, -0.05) is 18.2 Å². The minimum Gasteiger partial charge on any atom is -0.288 e. The van der Waals surface area contributed by atoms with Crippen LogP contribution in [0, 0.1) is 6.92 Å². The van der Waals surface area contributed by atoms with Crippen molar-refractivity contribution in [2.24, 2.45) is 0 Å². The molecule has 8 nitrogen and oxygen atoms in total. The SMILES string of the molecule is Cc1c(-c2cccc(NS(=O)(=O)c3cccc4nsnc34)c2)nc2ncccn12. The average Bonchev–Trinajstić information content (AvgIpc) is 3.32. The van der Waals surface area contributed by atoms with Gasteiger partial charge in [-0.3, -0.25) is 9.12 Å². The number of hydrogen-bond donors (Lipinski definition) is 1. The molecule has 0 aliphatic heterocycles. The van der Waals surface area contributed by atoms with Crippen LogP contribution in [0.3, 0.4) is 0 Å². The molecule has 0 saturated carbocycles. The van der Waals surface area contributed by atoms with Gasteiger partial charge in [-0.25, -0.2) is 18.4 Å². The number of sulfonamides is 1. The maximum absolute atomic E-state index is 13.0. The first-order valence-corrected chi connectivity index (χ1v) is 10.9. The van der Waals surface area contributed by atoms with Crippen LogP contribution in [-0.4, -0.2) is 31.5 Å². The average molecular weight is 422 g/mol. The number of aryl methyl sites for hydroxylation is 1. The molecule has 0 fully saturated rings. The number of rotatable bonds is 4. The summed E-state index contributed by atoms with van der Waals surface area (Å²) < 4.78 is 38.7. The molecule has 2 aromatic carbocycles. The van der Waals surface area contributed by atoms with Crippen molar-refractivity contribution in [2.75, 3.05) is 4.72 Å². The van der Waals surface area contributed by atoms with Crippen LogP contribution < -0.4 is 4.72 Å². The maximum Gasteiger partial charge on any atom is 0.264 e. The molecule has 0 spiro atoms. The van der Waals surface area contributed by atoms with Crippen LogP contribution in [0.15, 0.2) is 65.8 Å². The lowest BCUT2D eigenvalue weighted by atomic mass is 10.1. The van der Waals surface area contributed by atoms with Crippen molar-refractivity contribution in [3.63, 3.8) is 0 Å². The Hall–Kier alpha value is -3.37. The summed E-state index contributed by atoms with van der Waals surface area (Å²) in [5.74, 6) is 0.591. The Labute approximate surface area is 170 Å². The number of hydrogen-bond acceptors (Lipinski definition) is 7. The van der Waals surface area contributed by atoms with Gasteiger partial charge in [-0.05, 0) is 37.3 Å². The Morgan fingerprint density at radius 3 is 2.79 bits per heavy atom. The van der Waals surface area contributed by atoms with E-state index in [2.05, 4.69) is 23.4 Å².